The number of aromatic carboxylic acids is 1. The minimum Gasteiger partial charge on any atom is -0.478 e. The summed E-state index contributed by atoms with van der Waals surface area (Å²) in [6, 6.07) is 18.3. The van der Waals surface area contributed by atoms with E-state index in [9.17, 15) is 14.7 Å². The van der Waals surface area contributed by atoms with Gasteiger partial charge in [0.2, 0.25) is 5.91 Å². The highest BCUT2D eigenvalue weighted by Gasteiger charge is 2.16. The first-order chi connectivity index (χ1) is 15.0. The van der Waals surface area contributed by atoms with Crippen LogP contribution < -0.4 is 5.32 Å². The molecule has 166 valence electrons. The van der Waals surface area contributed by atoms with Crippen molar-refractivity contribution in [3.63, 3.8) is 0 Å². The molecule has 0 saturated carbocycles. The predicted octanol–water partition coefficient (Wildman–Crippen LogP) is 7.23. The number of carbonyl (C=O) groups excluding carboxylic acids is 1. The summed E-state index contributed by atoms with van der Waals surface area (Å²) in [5, 5.41) is 13.3. The standard InChI is InChI=1S/C26H25Cl2NO3/c1-26(2,3)19-9-6-17(7-10-19)18-8-12-23(20(15-18)25(31)32)29-24(30)13-5-16-4-11-21(27)22(28)14-16/h4,6-12,14-15H,5,13H2,1-3H3,(H,29,30)(H,31,32). The summed E-state index contributed by atoms with van der Waals surface area (Å²) in [7, 11) is 0. The Morgan fingerprint density at radius 3 is 2.12 bits per heavy atom. The van der Waals surface area contributed by atoms with Crippen LogP contribution in [-0.2, 0) is 16.6 Å². The Bertz CT molecular complexity index is 1150. The van der Waals surface area contributed by atoms with Gasteiger partial charge >= 0.3 is 5.97 Å². The second-order valence-corrected chi connectivity index (χ2v) is 9.50. The van der Waals surface area contributed by atoms with Gasteiger partial charge in [0.1, 0.15) is 0 Å². The van der Waals surface area contributed by atoms with Gasteiger partial charge in [-0.3, -0.25) is 4.79 Å². The van der Waals surface area contributed by atoms with E-state index in [0.717, 1.165) is 16.7 Å². The molecule has 3 rings (SSSR count). The first kappa shape index (κ1) is 23.8. The molecule has 0 heterocycles. The largest absolute Gasteiger partial charge is 0.478 e. The molecular formula is C26H25Cl2NO3. The van der Waals surface area contributed by atoms with Crippen molar-refractivity contribution in [2.24, 2.45) is 0 Å². The summed E-state index contributed by atoms with van der Waals surface area (Å²) in [5.41, 5.74) is 4.12. The van der Waals surface area contributed by atoms with Crippen LogP contribution in [0.1, 0.15) is 48.7 Å². The molecule has 3 aromatic rings. The van der Waals surface area contributed by atoms with Crippen molar-refractivity contribution in [2.75, 3.05) is 5.32 Å². The zero-order chi connectivity index (χ0) is 23.5. The fourth-order valence-electron chi connectivity index (χ4n) is 3.34. The van der Waals surface area contributed by atoms with Crippen molar-refractivity contribution < 1.29 is 14.7 Å². The lowest BCUT2D eigenvalue weighted by molar-refractivity contribution is -0.116. The quantitative estimate of drug-likeness (QED) is 0.400. The average Bonchev–Trinajstić information content (AvgIpc) is 2.74. The first-order valence-electron chi connectivity index (χ1n) is 10.3. The number of hydrogen-bond donors (Lipinski definition) is 2. The summed E-state index contributed by atoms with van der Waals surface area (Å²) in [4.78, 5) is 24.3. The van der Waals surface area contributed by atoms with Crippen LogP contribution in [0, 0.1) is 0 Å². The van der Waals surface area contributed by atoms with Crippen LogP contribution in [0.3, 0.4) is 0 Å². The van der Waals surface area contributed by atoms with Crippen LogP contribution in [0.2, 0.25) is 10.0 Å². The van der Waals surface area contributed by atoms with E-state index < -0.39 is 5.97 Å². The van der Waals surface area contributed by atoms with Crippen LogP contribution in [-0.4, -0.2) is 17.0 Å². The SMILES string of the molecule is CC(C)(C)c1ccc(-c2ccc(NC(=O)CCc3ccc(Cl)c(Cl)c3)c(C(=O)O)c2)cc1. The van der Waals surface area contributed by atoms with Crippen molar-refractivity contribution in [3.8, 4) is 11.1 Å². The molecule has 0 spiro atoms. The van der Waals surface area contributed by atoms with Gasteiger partial charge in [0.25, 0.3) is 0 Å². The summed E-state index contributed by atoms with van der Waals surface area (Å²) >= 11 is 11.9. The van der Waals surface area contributed by atoms with Gasteiger partial charge in [0.05, 0.1) is 21.3 Å². The van der Waals surface area contributed by atoms with Crippen molar-refractivity contribution in [3.05, 3.63) is 87.4 Å². The molecule has 2 N–H and O–H groups in total. The Kier molecular flexibility index (Phi) is 7.27. The number of carboxylic acids is 1. The molecule has 0 bridgehead atoms. The van der Waals surface area contributed by atoms with E-state index in [4.69, 9.17) is 23.2 Å². The van der Waals surface area contributed by atoms with Crippen molar-refractivity contribution >= 4 is 40.8 Å². The van der Waals surface area contributed by atoms with E-state index >= 15 is 0 Å². The Morgan fingerprint density at radius 1 is 0.875 bits per heavy atom. The minimum absolute atomic E-state index is 0.0379. The molecule has 0 radical (unpaired) electrons. The van der Waals surface area contributed by atoms with Crippen LogP contribution in [0.25, 0.3) is 11.1 Å². The van der Waals surface area contributed by atoms with Crippen molar-refractivity contribution in [1.29, 1.82) is 0 Å². The molecular weight excluding hydrogens is 445 g/mol. The van der Waals surface area contributed by atoms with E-state index in [0.29, 0.717) is 16.5 Å². The second kappa shape index (κ2) is 9.76. The number of carboxylic acid groups (broad SMARTS) is 1. The lowest BCUT2D eigenvalue weighted by atomic mass is 9.86. The summed E-state index contributed by atoms with van der Waals surface area (Å²) in [5.74, 6) is -1.38. The van der Waals surface area contributed by atoms with Gasteiger partial charge in [-0.25, -0.2) is 4.79 Å². The van der Waals surface area contributed by atoms with E-state index in [1.165, 1.54) is 5.56 Å². The monoisotopic (exact) mass is 469 g/mol. The number of hydrogen-bond acceptors (Lipinski definition) is 2. The maximum atomic E-state index is 12.4. The molecule has 3 aromatic carbocycles. The molecule has 0 aliphatic heterocycles. The Hall–Kier alpha value is -2.82. The molecule has 0 atom stereocenters. The highest BCUT2D eigenvalue weighted by molar-refractivity contribution is 6.42. The number of rotatable bonds is 6. The number of amides is 1. The smallest absolute Gasteiger partial charge is 0.337 e. The van der Waals surface area contributed by atoms with Gasteiger partial charge in [-0.2, -0.15) is 0 Å². The molecule has 6 heteroatoms. The van der Waals surface area contributed by atoms with Crippen molar-refractivity contribution in [1.82, 2.24) is 0 Å². The third-order valence-corrected chi connectivity index (χ3v) is 5.97. The zero-order valence-electron chi connectivity index (χ0n) is 18.2. The molecule has 0 aliphatic carbocycles. The van der Waals surface area contributed by atoms with Crippen LogP contribution in [0.15, 0.2) is 60.7 Å². The number of carbonyl (C=O) groups is 2. The van der Waals surface area contributed by atoms with Crippen LogP contribution in [0.4, 0.5) is 5.69 Å². The lowest BCUT2D eigenvalue weighted by Crippen LogP contribution is -2.15. The molecule has 32 heavy (non-hydrogen) atoms. The van der Waals surface area contributed by atoms with E-state index in [1.807, 2.05) is 24.3 Å². The fraction of sp³-hybridized carbons (Fsp3) is 0.231. The van der Waals surface area contributed by atoms with Crippen LogP contribution >= 0.6 is 23.2 Å². The number of aryl methyl sites for hydroxylation is 1. The number of halogens is 2. The maximum absolute atomic E-state index is 12.4. The van der Waals surface area contributed by atoms with E-state index in [2.05, 4.69) is 38.2 Å². The summed E-state index contributed by atoms with van der Waals surface area (Å²) in [6.45, 7) is 6.43. The Morgan fingerprint density at radius 2 is 1.53 bits per heavy atom. The molecule has 0 saturated heterocycles. The molecule has 0 unspecified atom stereocenters. The third kappa shape index (κ3) is 5.90. The molecule has 0 fully saturated rings. The molecule has 4 nitrogen and oxygen atoms in total. The average molecular weight is 470 g/mol. The summed E-state index contributed by atoms with van der Waals surface area (Å²) in [6.07, 6.45) is 0.649. The molecule has 0 aliphatic rings. The normalized spacial score (nSPS) is 11.3. The van der Waals surface area contributed by atoms with Crippen molar-refractivity contribution in [2.45, 2.75) is 39.0 Å². The van der Waals surface area contributed by atoms with E-state index in [-0.39, 0.29) is 29.0 Å². The minimum atomic E-state index is -1.10. The lowest BCUT2D eigenvalue weighted by Gasteiger charge is -2.19. The first-order valence-corrected chi connectivity index (χ1v) is 11.0. The topological polar surface area (TPSA) is 66.4 Å². The molecule has 0 aromatic heterocycles. The van der Waals surface area contributed by atoms with Gasteiger partial charge in [-0.15, -0.1) is 0 Å². The third-order valence-electron chi connectivity index (χ3n) is 5.23. The second-order valence-electron chi connectivity index (χ2n) is 8.69. The number of nitrogens with one attached hydrogen (secondary N) is 1. The Balaban J connectivity index is 1.75. The molecule has 1 amide bonds. The Labute approximate surface area is 198 Å². The van der Waals surface area contributed by atoms with Gasteiger partial charge in [-0.1, -0.05) is 80.4 Å². The highest BCUT2D eigenvalue weighted by Crippen LogP contribution is 2.29. The van der Waals surface area contributed by atoms with Gasteiger partial charge in [0.15, 0.2) is 0 Å². The van der Waals surface area contributed by atoms with Crippen LogP contribution in [0.5, 0.6) is 0 Å². The number of anilines is 1. The van der Waals surface area contributed by atoms with Gasteiger partial charge < -0.3 is 10.4 Å². The van der Waals surface area contributed by atoms with E-state index in [1.54, 1.807) is 24.3 Å². The predicted molar refractivity (Wildman–Crippen MR) is 131 cm³/mol. The zero-order valence-corrected chi connectivity index (χ0v) is 19.7. The van der Waals surface area contributed by atoms with Gasteiger partial charge in [0, 0.05) is 6.42 Å². The van der Waals surface area contributed by atoms with Gasteiger partial charge in [-0.05, 0) is 58.4 Å². The fourth-order valence-corrected chi connectivity index (χ4v) is 3.66. The summed E-state index contributed by atoms with van der Waals surface area (Å²) < 4.78 is 0. The highest BCUT2D eigenvalue weighted by atomic mass is 35.5. The maximum Gasteiger partial charge on any atom is 0.337 e. The number of benzene rings is 3.